The van der Waals surface area contributed by atoms with Crippen LogP contribution in [0.2, 0.25) is 0 Å². The van der Waals surface area contributed by atoms with Crippen LogP contribution in [-0.2, 0) is 5.41 Å². The fraction of sp³-hybridized carbons (Fsp3) is 0.0417. The lowest BCUT2D eigenvalue weighted by atomic mass is 9.65. The Labute approximate surface area is 306 Å². The zero-order valence-electron chi connectivity index (χ0n) is 28.5. The van der Waals surface area contributed by atoms with E-state index in [1.54, 1.807) is 0 Å². The van der Waals surface area contributed by atoms with E-state index in [0.29, 0.717) is 5.82 Å². The minimum absolute atomic E-state index is 0.637. The highest BCUT2D eigenvalue weighted by Gasteiger charge is 2.51. The molecule has 3 heterocycles. The van der Waals surface area contributed by atoms with Gasteiger partial charge in [0.05, 0.1) is 16.8 Å². The number of rotatable bonds is 5. The maximum absolute atomic E-state index is 6.62. The molecule has 0 saturated heterocycles. The molecule has 1 aliphatic heterocycles. The van der Waals surface area contributed by atoms with E-state index in [4.69, 9.17) is 14.7 Å². The molecule has 0 atom stereocenters. The first-order valence-electron chi connectivity index (χ1n) is 17.5. The van der Waals surface area contributed by atoms with Crippen molar-refractivity contribution in [3.8, 4) is 34.1 Å². The van der Waals surface area contributed by atoms with Crippen LogP contribution in [0.1, 0.15) is 34.9 Å². The van der Waals surface area contributed by atoms with E-state index < -0.39 is 5.41 Å². The molecule has 1 spiro atoms. The van der Waals surface area contributed by atoms with Gasteiger partial charge in [0.25, 0.3) is 0 Å². The van der Waals surface area contributed by atoms with Crippen molar-refractivity contribution in [2.45, 2.75) is 12.3 Å². The van der Waals surface area contributed by atoms with Gasteiger partial charge in [0.2, 0.25) is 0 Å². The Morgan fingerprint density at radius 1 is 0.654 bits per heavy atom. The van der Waals surface area contributed by atoms with E-state index in [0.717, 1.165) is 61.9 Å². The van der Waals surface area contributed by atoms with E-state index in [2.05, 4.69) is 153 Å². The quantitative estimate of drug-likeness (QED) is 0.181. The van der Waals surface area contributed by atoms with E-state index in [1.807, 2.05) is 35.6 Å². The molecule has 52 heavy (non-hydrogen) atoms. The first-order valence-corrected chi connectivity index (χ1v) is 18.3. The van der Waals surface area contributed by atoms with E-state index in [9.17, 15) is 0 Å². The van der Waals surface area contributed by atoms with Gasteiger partial charge in [0.15, 0.2) is 5.82 Å². The minimum Gasteiger partial charge on any atom is -0.457 e. The lowest BCUT2D eigenvalue weighted by molar-refractivity contribution is 0.436. The number of aromatic nitrogens is 2. The molecule has 6 aromatic carbocycles. The Balaban J connectivity index is 1.31. The van der Waals surface area contributed by atoms with Crippen LogP contribution in [0, 0.1) is 0 Å². The number of nitrogens with zero attached hydrogens (tertiary/aromatic N) is 2. The predicted octanol–water partition coefficient (Wildman–Crippen LogP) is 12.7. The molecule has 0 unspecified atom stereocenters. The highest BCUT2D eigenvalue weighted by Crippen LogP contribution is 2.63. The van der Waals surface area contributed by atoms with Gasteiger partial charge in [-0.1, -0.05) is 134 Å². The summed E-state index contributed by atoms with van der Waals surface area (Å²) in [5.41, 5.74) is 11.2. The van der Waals surface area contributed by atoms with Crippen molar-refractivity contribution >= 4 is 42.7 Å². The SMILES string of the molecule is C=CC1=C(/C=C(\C)c2cc(-c3ccccc3)nc(-c3ccccc3)n2)c2c(ccc3sc4ccccc4c23)C12c1ccccc1Oc1ccccc12. The van der Waals surface area contributed by atoms with Crippen LogP contribution < -0.4 is 4.74 Å². The van der Waals surface area contributed by atoms with Gasteiger partial charge in [0, 0.05) is 42.4 Å². The van der Waals surface area contributed by atoms with Gasteiger partial charge < -0.3 is 4.74 Å². The van der Waals surface area contributed by atoms with Gasteiger partial charge in [-0.2, -0.15) is 0 Å². The Morgan fingerprint density at radius 2 is 1.29 bits per heavy atom. The molecule has 2 aromatic heterocycles. The molecule has 4 heteroatoms. The molecule has 3 nitrogen and oxygen atoms in total. The first kappa shape index (κ1) is 30.5. The molecule has 0 bridgehead atoms. The number of hydrogen-bond acceptors (Lipinski definition) is 4. The molecule has 1 aliphatic carbocycles. The lowest BCUT2D eigenvalue weighted by Gasteiger charge is -2.40. The number of hydrogen-bond donors (Lipinski definition) is 0. The average Bonchev–Trinajstić information content (AvgIpc) is 3.72. The fourth-order valence-corrected chi connectivity index (χ4v) is 9.40. The molecule has 0 radical (unpaired) electrons. The topological polar surface area (TPSA) is 35.0 Å². The van der Waals surface area contributed by atoms with Gasteiger partial charge in [-0.05, 0) is 71.2 Å². The second kappa shape index (κ2) is 11.9. The summed E-state index contributed by atoms with van der Waals surface area (Å²) < 4.78 is 9.16. The molecule has 0 saturated carbocycles. The van der Waals surface area contributed by atoms with Crippen molar-refractivity contribution in [2.75, 3.05) is 0 Å². The zero-order chi connectivity index (χ0) is 34.8. The summed E-state index contributed by atoms with van der Waals surface area (Å²) in [4.78, 5) is 10.3. The largest absolute Gasteiger partial charge is 0.457 e. The summed E-state index contributed by atoms with van der Waals surface area (Å²) >= 11 is 1.84. The Morgan fingerprint density at radius 3 is 2.00 bits per heavy atom. The summed E-state index contributed by atoms with van der Waals surface area (Å²) in [5.74, 6) is 2.42. The highest BCUT2D eigenvalue weighted by atomic mass is 32.1. The number of thiophene rings is 1. The number of allylic oxidation sites excluding steroid dienone is 5. The van der Waals surface area contributed by atoms with Crippen molar-refractivity contribution in [3.63, 3.8) is 0 Å². The Kier molecular flexibility index (Phi) is 6.95. The second-order valence-corrected chi connectivity index (χ2v) is 14.4. The molecule has 0 fully saturated rings. The molecule has 10 rings (SSSR count). The van der Waals surface area contributed by atoms with Crippen LogP contribution in [0.4, 0.5) is 0 Å². The van der Waals surface area contributed by atoms with Crippen LogP contribution >= 0.6 is 11.3 Å². The summed E-state index contributed by atoms with van der Waals surface area (Å²) in [6.45, 7) is 6.71. The van der Waals surface area contributed by atoms with Crippen LogP contribution in [0.5, 0.6) is 11.5 Å². The molecular formula is C48H32N2OS. The van der Waals surface area contributed by atoms with Gasteiger partial charge in [-0.3, -0.25) is 0 Å². The van der Waals surface area contributed by atoms with Crippen LogP contribution in [0.25, 0.3) is 54.0 Å². The van der Waals surface area contributed by atoms with E-state index in [-0.39, 0.29) is 0 Å². The second-order valence-electron chi connectivity index (χ2n) is 13.4. The predicted molar refractivity (Wildman–Crippen MR) is 216 cm³/mol. The monoisotopic (exact) mass is 684 g/mol. The average molecular weight is 685 g/mol. The standard InChI is InChI=1S/C48H32N2OS/c1-3-35-34(28-30(2)39-29-40(31-16-6-4-7-17-31)50-47(49-39)32-18-8-5-9-19-32)45-38(26-27-44-46(45)33-20-10-15-25-43(33)52-44)48(35)36-21-11-13-23-41(36)51-42-24-14-12-22-37(42)48/h3-29H,1H2,2H3/b30-28+. The van der Waals surface area contributed by atoms with E-state index in [1.165, 1.54) is 31.3 Å². The summed E-state index contributed by atoms with van der Waals surface area (Å²) in [6.07, 6.45) is 4.41. The Hall–Kier alpha value is -6.36. The van der Waals surface area contributed by atoms with Crippen molar-refractivity contribution < 1.29 is 4.74 Å². The van der Waals surface area contributed by atoms with Crippen LogP contribution in [0.3, 0.4) is 0 Å². The number of ether oxygens (including phenoxy) is 1. The Bertz CT molecular complexity index is 2690. The van der Waals surface area contributed by atoms with Crippen molar-refractivity contribution in [2.24, 2.45) is 0 Å². The molecule has 8 aromatic rings. The number of fused-ring (bicyclic) bond motifs is 10. The van der Waals surface area contributed by atoms with E-state index >= 15 is 0 Å². The van der Waals surface area contributed by atoms with Crippen LogP contribution in [0.15, 0.2) is 176 Å². The first-order chi connectivity index (χ1) is 25.6. The molecule has 0 amide bonds. The molecular weight excluding hydrogens is 653 g/mol. The summed E-state index contributed by atoms with van der Waals surface area (Å²) in [5, 5.41) is 2.53. The van der Waals surface area contributed by atoms with Gasteiger partial charge >= 0.3 is 0 Å². The van der Waals surface area contributed by atoms with Gasteiger partial charge in [0.1, 0.15) is 11.5 Å². The number of para-hydroxylation sites is 2. The van der Waals surface area contributed by atoms with Crippen molar-refractivity contribution in [1.82, 2.24) is 9.97 Å². The third-order valence-electron chi connectivity index (χ3n) is 10.5. The van der Waals surface area contributed by atoms with Crippen molar-refractivity contribution in [3.05, 3.63) is 204 Å². The van der Waals surface area contributed by atoms with Crippen LogP contribution in [-0.4, -0.2) is 9.97 Å². The third-order valence-corrected chi connectivity index (χ3v) is 11.6. The minimum atomic E-state index is -0.637. The summed E-state index contributed by atoms with van der Waals surface area (Å²) in [6, 6.07) is 53.1. The molecule has 2 aliphatic rings. The smallest absolute Gasteiger partial charge is 0.160 e. The lowest BCUT2D eigenvalue weighted by Crippen LogP contribution is -2.32. The third kappa shape index (κ3) is 4.44. The van der Waals surface area contributed by atoms with Gasteiger partial charge in [-0.15, -0.1) is 11.3 Å². The normalized spacial score (nSPS) is 14.3. The number of benzene rings is 6. The molecule has 0 N–H and O–H groups in total. The summed E-state index contributed by atoms with van der Waals surface area (Å²) in [7, 11) is 0. The molecule has 246 valence electrons. The fourth-order valence-electron chi connectivity index (χ4n) is 8.29. The maximum Gasteiger partial charge on any atom is 0.160 e. The van der Waals surface area contributed by atoms with Gasteiger partial charge in [-0.25, -0.2) is 9.97 Å². The highest BCUT2D eigenvalue weighted by molar-refractivity contribution is 7.25. The zero-order valence-corrected chi connectivity index (χ0v) is 29.3. The van der Waals surface area contributed by atoms with Crippen molar-refractivity contribution in [1.29, 1.82) is 0 Å². The maximum atomic E-state index is 6.62.